The number of benzene rings is 1. The lowest BCUT2D eigenvalue weighted by Gasteiger charge is -2.11. The van der Waals surface area contributed by atoms with Gasteiger partial charge < -0.3 is 14.5 Å². The SMILES string of the molecule is CSc1nc(-c2ccc(COCC3CCCO3)c(F)c2)c(C#N)c(=O)[nH]1. The smallest absolute Gasteiger partial charge is 0.270 e. The van der Waals surface area contributed by atoms with Crippen molar-refractivity contribution in [3.05, 3.63) is 45.5 Å². The van der Waals surface area contributed by atoms with E-state index in [4.69, 9.17) is 9.47 Å². The largest absolute Gasteiger partial charge is 0.376 e. The van der Waals surface area contributed by atoms with Gasteiger partial charge in [-0.15, -0.1) is 0 Å². The molecule has 2 aromatic rings. The second-order valence-electron chi connectivity index (χ2n) is 5.87. The van der Waals surface area contributed by atoms with Crippen molar-refractivity contribution in [3.63, 3.8) is 0 Å². The molecule has 1 atom stereocenters. The van der Waals surface area contributed by atoms with Gasteiger partial charge in [0.1, 0.15) is 17.4 Å². The van der Waals surface area contributed by atoms with Crippen molar-refractivity contribution in [2.24, 2.45) is 0 Å². The van der Waals surface area contributed by atoms with Crippen LogP contribution in [0.1, 0.15) is 24.0 Å². The van der Waals surface area contributed by atoms with E-state index >= 15 is 0 Å². The number of rotatable bonds is 6. The number of halogens is 1. The zero-order valence-electron chi connectivity index (χ0n) is 14.3. The van der Waals surface area contributed by atoms with E-state index in [1.54, 1.807) is 18.4 Å². The lowest BCUT2D eigenvalue weighted by atomic mass is 10.1. The molecule has 0 radical (unpaired) electrons. The Labute approximate surface area is 154 Å². The van der Waals surface area contributed by atoms with Crippen LogP contribution < -0.4 is 5.56 Å². The van der Waals surface area contributed by atoms with Crippen molar-refractivity contribution < 1.29 is 13.9 Å². The second kappa shape index (κ2) is 8.45. The summed E-state index contributed by atoms with van der Waals surface area (Å²) < 4.78 is 25.4. The molecule has 1 unspecified atom stereocenters. The fourth-order valence-corrected chi connectivity index (χ4v) is 3.13. The molecule has 0 bridgehead atoms. The van der Waals surface area contributed by atoms with Crippen molar-refractivity contribution in [1.29, 1.82) is 5.26 Å². The van der Waals surface area contributed by atoms with Gasteiger partial charge in [-0.3, -0.25) is 4.79 Å². The first-order valence-corrected chi connectivity index (χ1v) is 9.41. The molecule has 1 aliphatic heterocycles. The highest BCUT2D eigenvalue weighted by molar-refractivity contribution is 7.98. The van der Waals surface area contributed by atoms with Gasteiger partial charge in [0.25, 0.3) is 5.56 Å². The van der Waals surface area contributed by atoms with Crippen LogP contribution in [-0.2, 0) is 16.1 Å². The van der Waals surface area contributed by atoms with Gasteiger partial charge in [0.15, 0.2) is 5.16 Å². The zero-order chi connectivity index (χ0) is 18.5. The quantitative estimate of drug-likeness (QED) is 0.617. The summed E-state index contributed by atoms with van der Waals surface area (Å²) in [6.45, 7) is 1.32. The Kier molecular flexibility index (Phi) is 6.04. The molecule has 136 valence electrons. The van der Waals surface area contributed by atoms with E-state index in [0.717, 1.165) is 19.4 Å². The Balaban J connectivity index is 1.80. The van der Waals surface area contributed by atoms with Gasteiger partial charge in [-0.05, 0) is 25.2 Å². The molecule has 0 saturated carbocycles. The molecule has 1 saturated heterocycles. The van der Waals surface area contributed by atoms with E-state index in [-0.39, 0.29) is 24.0 Å². The molecular formula is C18H18FN3O3S. The van der Waals surface area contributed by atoms with Crippen molar-refractivity contribution in [2.75, 3.05) is 19.5 Å². The normalized spacial score (nSPS) is 16.6. The summed E-state index contributed by atoms with van der Waals surface area (Å²) in [7, 11) is 0. The lowest BCUT2D eigenvalue weighted by molar-refractivity contribution is 0.00983. The third-order valence-electron chi connectivity index (χ3n) is 4.11. The van der Waals surface area contributed by atoms with Gasteiger partial charge in [-0.25, -0.2) is 9.37 Å². The average Bonchev–Trinajstić information content (AvgIpc) is 3.15. The molecular weight excluding hydrogens is 357 g/mol. The minimum atomic E-state index is -0.536. The van der Waals surface area contributed by atoms with E-state index in [1.165, 1.54) is 17.8 Å². The van der Waals surface area contributed by atoms with Crippen molar-refractivity contribution in [1.82, 2.24) is 9.97 Å². The number of aromatic nitrogens is 2. The van der Waals surface area contributed by atoms with E-state index in [9.17, 15) is 14.4 Å². The molecule has 1 aromatic carbocycles. The molecule has 2 heterocycles. The third-order valence-corrected chi connectivity index (χ3v) is 4.69. The van der Waals surface area contributed by atoms with Gasteiger partial charge in [0.05, 0.1) is 25.0 Å². The standard InChI is InChI=1S/C18H18FN3O3S/c1-26-18-21-16(14(8-20)17(23)22-18)11-4-5-12(15(19)7-11)9-24-10-13-3-2-6-25-13/h4-5,7,13H,2-3,6,9-10H2,1H3,(H,21,22,23). The van der Waals surface area contributed by atoms with Crippen LogP contribution in [0, 0.1) is 17.1 Å². The van der Waals surface area contributed by atoms with Crippen LogP contribution in [0.15, 0.2) is 28.2 Å². The Morgan fingerprint density at radius 2 is 2.38 bits per heavy atom. The zero-order valence-corrected chi connectivity index (χ0v) is 15.1. The van der Waals surface area contributed by atoms with Crippen LogP contribution in [0.2, 0.25) is 0 Å². The molecule has 0 aliphatic carbocycles. The van der Waals surface area contributed by atoms with E-state index in [0.29, 0.717) is 22.9 Å². The summed E-state index contributed by atoms with van der Waals surface area (Å²) in [6, 6.07) is 6.34. The maximum absolute atomic E-state index is 14.4. The maximum Gasteiger partial charge on any atom is 0.270 e. The highest BCUT2D eigenvalue weighted by atomic mass is 32.2. The third kappa shape index (κ3) is 4.12. The fraction of sp³-hybridized carbons (Fsp3) is 0.389. The number of H-pyrrole nitrogens is 1. The molecule has 6 nitrogen and oxygen atoms in total. The van der Waals surface area contributed by atoms with Gasteiger partial charge in [0.2, 0.25) is 0 Å². The molecule has 26 heavy (non-hydrogen) atoms. The van der Waals surface area contributed by atoms with E-state index in [1.807, 2.05) is 6.07 Å². The van der Waals surface area contributed by atoms with Crippen molar-refractivity contribution in [2.45, 2.75) is 30.7 Å². The number of nitrogens with zero attached hydrogens (tertiary/aromatic N) is 2. The van der Waals surface area contributed by atoms with E-state index in [2.05, 4.69) is 9.97 Å². The summed E-state index contributed by atoms with van der Waals surface area (Å²) >= 11 is 1.24. The number of hydrogen-bond acceptors (Lipinski definition) is 6. The predicted octanol–water partition coefficient (Wildman–Crippen LogP) is 2.87. The Hall–Kier alpha value is -2.21. The molecule has 1 aliphatic rings. The summed E-state index contributed by atoms with van der Waals surface area (Å²) in [5.74, 6) is -0.466. The summed E-state index contributed by atoms with van der Waals surface area (Å²) in [5.41, 5.74) is 0.283. The van der Waals surface area contributed by atoms with Gasteiger partial charge in [-0.1, -0.05) is 23.9 Å². The molecule has 0 amide bonds. The predicted molar refractivity (Wildman–Crippen MR) is 95.4 cm³/mol. The number of thioether (sulfide) groups is 1. The van der Waals surface area contributed by atoms with Crippen LogP contribution in [-0.4, -0.2) is 35.5 Å². The Morgan fingerprint density at radius 3 is 3.04 bits per heavy atom. The Morgan fingerprint density at radius 1 is 1.54 bits per heavy atom. The first-order chi connectivity index (χ1) is 12.6. The minimum absolute atomic E-state index is 0.0840. The van der Waals surface area contributed by atoms with Gasteiger partial charge in [0, 0.05) is 17.7 Å². The fourth-order valence-electron chi connectivity index (χ4n) is 2.75. The van der Waals surface area contributed by atoms with Crippen LogP contribution in [0.25, 0.3) is 11.3 Å². The summed E-state index contributed by atoms with van der Waals surface area (Å²) in [4.78, 5) is 18.8. The molecule has 0 spiro atoms. The number of nitrogens with one attached hydrogen (secondary N) is 1. The topological polar surface area (TPSA) is 88.0 Å². The Bertz CT molecular complexity index is 888. The molecule has 1 aromatic heterocycles. The minimum Gasteiger partial charge on any atom is -0.376 e. The van der Waals surface area contributed by atoms with Crippen molar-refractivity contribution in [3.8, 4) is 17.3 Å². The molecule has 1 N–H and O–H groups in total. The van der Waals surface area contributed by atoms with Gasteiger partial charge >= 0.3 is 0 Å². The summed E-state index contributed by atoms with van der Waals surface area (Å²) in [6.07, 6.45) is 3.83. The summed E-state index contributed by atoms with van der Waals surface area (Å²) in [5, 5.41) is 9.59. The average molecular weight is 375 g/mol. The van der Waals surface area contributed by atoms with Crippen LogP contribution >= 0.6 is 11.8 Å². The van der Waals surface area contributed by atoms with E-state index < -0.39 is 11.4 Å². The number of nitriles is 1. The second-order valence-corrected chi connectivity index (χ2v) is 6.66. The van der Waals surface area contributed by atoms with Crippen LogP contribution in [0.5, 0.6) is 0 Å². The first kappa shape index (κ1) is 18.6. The monoisotopic (exact) mass is 375 g/mol. The molecule has 3 rings (SSSR count). The number of aromatic amines is 1. The molecule has 1 fully saturated rings. The highest BCUT2D eigenvalue weighted by Crippen LogP contribution is 2.24. The van der Waals surface area contributed by atoms with Crippen molar-refractivity contribution >= 4 is 11.8 Å². The van der Waals surface area contributed by atoms with Crippen LogP contribution in [0.4, 0.5) is 4.39 Å². The highest BCUT2D eigenvalue weighted by Gasteiger charge is 2.17. The first-order valence-electron chi connectivity index (χ1n) is 8.19. The molecule has 8 heteroatoms. The lowest BCUT2D eigenvalue weighted by Crippen LogP contribution is -2.15. The van der Waals surface area contributed by atoms with Crippen LogP contribution in [0.3, 0.4) is 0 Å². The number of hydrogen-bond donors (Lipinski definition) is 1. The van der Waals surface area contributed by atoms with Gasteiger partial charge in [-0.2, -0.15) is 5.26 Å². The number of ether oxygens (including phenoxy) is 2. The maximum atomic E-state index is 14.4.